The van der Waals surface area contributed by atoms with Gasteiger partial charge < -0.3 is 9.15 Å². The molecule has 2 aromatic carbocycles. The summed E-state index contributed by atoms with van der Waals surface area (Å²) in [6, 6.07) is 9.20. The summed E-state index contributed by atoms with van der Waals surface area (Å²) in [5.74, 6) is 0.0691. The molecular weight excluding hydrogens is 386 g/mol. The van der Waals surface area contributed by atoms with Crippen molar-refractivity contribution in [1.29, 1.82) is 0 Å². The van der Waals surface area contributed by atoms with Gasteiger partial charge in [-0.2, -0.15) is 0 Å². The zero-order valence-corrected chi connectivity index (χ0v) is 16.6. The Bertz CT molecular complexity index is 1210. The Labute approximate surface area is 172 Å². The maximum atomic E-state index is 12.5. The number of Topliss-reactive ketones (excluding diaryl/α,β-unsaturated/α-hetero) is 1. The third-order valence-electron chi connectivity index (χ3n) is 5.58. The third-order valence-corrected chi connectivity index (χ3v) is 5.58. The molecule has 0 bridgehead atoms. The quantitative estimate of drug-likeness (QED) is 0.202. The second kappa shape index (κ2) is 8.10. The molecule has 0 N–H and O–H groups in total. The van der Waals surface area contributed by atoms with Crippen LogP contribution in [0.2, 0.25) is 0 Å². The number of carbonyl (C=O) groups is 1. The van der Waals surface area contributed by atoms with E-state index in [1.54, 1.807) is 13.0 Å². The van der Waals surface area contributed by atoms with Crippen LogP contribution in [0.3, 0.4) is 0 Å². The van der Waals surface area contributed by atoms with Crippen LogP contribution in [0.5, 0.6) is 5.75 Å². The third kappa shape index (κ3) is 3.70. The fourth-order valence-electron chi connectivity index (χ4n) is 3.98. The Balaban J connectivity index is 1.62. The molecule has 7 heteroatoms. The normalized spacial score (nSPS) is 13.5. The van der Waals surface area contributed by atoms with Crippen molar-refractivity contribution in [2.45, 2.75) is 39.0 Å². The monoisotopic (exact) mass is 407 g/mol. The van der Waals surface area contributed by atoms with Gasteiger partial charge >= 0.3 is 5.63 Å². The molecule has 1 aromatic heterocycles. The fourth-order valence-corrected chi connectivity index (χ4v) is 3.98. The van der Waals surface area contributed by atoms with Crippen molar-refractivity contribution in [3.63, 3.8) is 0 Å². The van der Waals surface area contributed by atoms with Gasteiger partial charge in [0.05, 0.1) is 4.92 Å². The molecule has 0 fully saturated rings. The van der Waals surface area contributed by atoms with Crippen molar-refractivity contribution < 1.29 is 18.9 Å². The van der Waals surface area contributed by atoms with Crippen LogP contribution in [0.1, 0.15) is 46.3 Å². The van der Waals surface area contributed by atoms with E-state index in [9.17, 15) is 19.7 Å². The van der Waals surface area contributed by atoms with E-state index in [2.05, 4.69) is 0 Å². The average molecular weight is 407 g/mol. The summed E-state index contributed by atoms with van der Waals surface area (Å²) in [5.41, 5.74) is 2.73. The lowest BCUT2D eigenvalue weighted by molar-refractivity contribution is -0.384. The number of non-ortho nitro benzene ring substituents is 1. The van der Waals surface area contributed by atoms with Crippen LogP contribution >= 0.6 is 0 Å². The fraction of sp³-hybridized carbons (Fsp3) is 0.304. The van der Waals surface area contributed by atoms with Gasteiger partial charge in [-0.15, -0.1) is 0 Å². The molecule has 7 nitrogen and oxygen atoms in total. The van der Waals surface area contributed by atoms with Crippen LogP contribution in [0.4, 0.5) is 5.69 Å². The number of hydrogen-bond acceptors (Lipinski definition) is 6. The Kier molecular flexibility index (Phi) is 5.35. The molecule has 30 heavy (non-hydrogen) atoms. The Hall–Kier alpha value is -3.48. The molecule has 0 saturated heterocycles. The second-order valence-electron chi connectivity index (χ2n) is 7.49. The second-order valence-corrected chi connectivity index (χ2v) is 7.49. The number of aryl methyl sites for hydroxylation is 2. The lowest BCUT2D eigenvalue weighted by atomic mass is 9.98. The molecule has 0 unspecified atom stereocenters. The number of benzene rings is 2. The zero-order valence-electron chi connectivity index (χ0n) is 16.6. The zero-order chi connectivity index (χ0) is 21.3. The molecule has 1 aliphatic rings. The first kappa shape index (κ1) is 19.8. The first-order chi connectivity index (χ1) is 14.5. The average Bonchev–Trinajstić information content (AvgIpc) is 3.00. The molecule has 0 radical (unpaired) electrons. The molecule has 0 aliphatic heterocycles. The SMILES string of the molecule is Cc1c(OCC(=O)c2cccc([N+](=O)[O-])c2)ccc2c3c(c(=O)oc12)CCCCC3. The van der Waals surface area contributed by atoms with E-state index in [0.29, 0.717) is 16.9 Å². The lowest BCUT2D eigenvalue weighted by Crippen LogP contribution is -2.13. The van der Waals surface area contributed by atoms with Crippen molar-refractivity contribution in [2.75, 3.05) is 6.61 Å². The highest BCUT2D eigenvalue weighted by atomic mass is 16.6. The number of hydrogen-bond donors (Lipinski definition) is 0. The highest BCUT2D eigenvalue weighted by Gasteiger charge is 2.20. The summed E-state index contributed by atoms with van der Waals surface area (Å²) in [4.78, 5) is 35.3. The van der Waals surface area contributed by atoms with Crippen LogP contribution in [-0.2, 0) is 12.8 Å². The van der Waals surface area contributed by atoms with Crippen LogP contribution in [0, 0.1) is 17.0 Å². The van der Waals surface area contributed by atoms with Gasteiger partial charge in [0.15, 0.2) is 12.4 Å². The van der Waals surface area contributed by atoms with E-state index in [-0.39, 0.29) is 29.3 Å². The minimum absolute atomic E-state index is 0.148. The largest absolute Gasteiger partial charge is 0.485 e. The van der Waals surface area contributed by atoms with Gasteiger partial charge in [-0.3, -0.25) is 14.9 Å². The minimum Gasteiger partial charge on any atom is -0.485 e. The van der Waals surface area contributed by atoms with E-state index in [1.807, 2.05) is 6.07 Å². The van der Waals surface area contributed by atoms with Crippen LogP contribution in [-0.4, -0.2) is 17.3 Å². The van der Waals surface area contributed by atoms with Crippen molar-refractivity contribution >= 4 is 22.4 Å². The van der Waals surface area contributed by atoms with Gasteiger partial charge in [0.1, 0.15) is 11.3 Å². The maximum absolute atomic E-state index is 12.5. The number of nitro groups is 1. The van der Waals surface area contributed by atoms with E-state index in [1.165, 1.54) is 24.3 Å². The highest BCUT2D eigenvalue weighted by Crippen LogP contribution is 2.32. The van der Waals surface area contributed by atoms with Crippen LogP contribution in [0.15, 0.2) is 45.6 Å². The molecule has 1 heterocycles. The van der Waals surface area contributed by atoms with Crippen molar-refractivity contribution in [2.24, 2.45) is 0 Å². The minimum atomic E-state index is -0.546. The van der Waals surface area contributed by atoms with Gasteiger partial charge in [-0.25, -0.2) is 4.79 Å². The molecule has 1 aliphatic carbocycles. The van der Waals surface area contributed by atoms with Crippen molar-refractivity contribution in [1.82, 2.24) is 0 Å². The first-order valence-corrected chi connectivity index (χ1v) is 9.94. The summed E-state index contributed by atoms with van der Waals surface area (Å²) in [6.45, 7) is 1.52. The number of ether oxygens (including phenoxy) is 1. The maximum Gasteiger partial charge on any atom is 0.339 e. The summed E-state index contributed by atoms with van der Waals surface area (Å²) >= 11 is 0. The van der Waals surface area contributed by atoms with E-state index >= 15 is 0 Å². The number of fused-ring (bicyclic) bond motifs is 3. The summed E-state index contributed by atoms with van der Waals surface area (Å²) in [7, 11) is 0. The molecule has 154 valence electrons. The lowest BCUT2D eigenvalue weighted by Gasteiger charge is -2.13. The number of ketones is 1. The topological polar surface area (TPSA) is 99.6 Å². The molecule has 3 aromatic rings. The molecule has 0 atom stereocenters. The Morgan fingerprint density at radius 1 is 1.13 bits per heavy atom. The van der Waals surface area contributed by atoms with Gasteiger partial charge in [-0.1, -0.05) is 18.6 Å². The summed E-state index contributed by atoms with van der Waals surface area (Å²) in [6.07, 6.45) is 4.71. The van der Waals surface area contributed by atoms with Crippen LogP contribution < -0.4 is 10.4 Å². The summed E-state index contributed by atoms with van der Waals surface area (Å²) in [5, 5.41) is 11.8. The van der Waals surface area contributed by atoms with Crippen molar-refractivity contribution in [3.8, 4) is 5.75 Å². The van der Waals surface area contributed by atoms with E-state index in [4.69, 9.17) is 9.15 Å². The predicted molar refractivity (Wildman–Crippen MR) is 111 cm³/mol. The standard InChI is InChI=1S/C23H21NO6/c1-14-21(29-13-20(25)15-6-5-7-16(12-15)24(27)28)11-10-18-17-8-3-2-4-9-19(17)23(26)30-22(14)18/h5-7,10-12H,2-4,8-9,13H2,1H3. The van der Waals surface area contributed by atoms with E-state index in [0.717, 1.165) is 48.6 Å². The van der Waals surface area contributed by atoms with Crippen LogP contribution in [0.25, 0.3) is 11.0 Å². The number of carbonyl (C=O) groups excluding carboxylic acids is 1. The van der Waals surface area contributed by atoms with Crippen molar-refractivity contribution in [3.05, 3.63) is 79.2 Å². The Morgan fingerprint density at radius 2 is 1.90 bits per heavy atom. The molecular formula is C23H21NO6. The van der Waals surface area contributed by atoms with Gasteiger partial charge in [-0.05, 0) is 50.3 Å². The van der Waals surface area contributed by atoms with Gasteiger partial charge in [0.25, 0.3) is 5.69 Å². The highest BCUT2D eigenvalue weighted by molar-refractivity contribution is 5.98. The van der Waals surface area contributed by atoms with E-state index < -0.39 is 4.92 Å². The number of nitrogens with zero attached hydrogens (tertiary/aromatic N) is 1. The predicted octanol–water partition coefficient (Wildman–Crippen LogP) is 4.54. The summed E-state index contributed by atoms with van der Waals surface area (Å²) < 4.78 is 11.3. The molecule has 4 rings (SSSR count). The smallest absolute Gasteiger partial charge is 0.339 e. The van der Waals surface area contributed by atoms with Gasteiger partial charge in [0, 0.05) is 34.2 Å². The molecule has 0 spiro atoms. The molecule has 0 amide bonds. The number of nitro benzene ring substituents is 1. The first-order valence-electron chi connectivity index (χ1n) is 9.94. The Morgan fingerprint density at radius 3 is 2.67 bits per heavy atom. The van der Waals surface area contributed by atoms with Gasteiger partial charge in [0.2, 0.25) is 0 Å². The molecule has 0 saturated carbocycles. The number of rotatable bonds is 5.